The first-order chi connectivity index (χ1) is 14.6. The highest BCUT2D eigenvalue weighted by molar-refractivity contribution is 5.93. The summed E-state index contributed by atoms with van der Waals surface area (Å²) in [6.45, 7) is 4.78. The van der Waals surface area contributed by atoms with Crippen molar-refractivity contribution in [2.45, 2.75) is 33.0 Å². The third kappa shape index (κ3) is 6.85. The maximum Gasteiger partial charge on any atom is 0.243 e. The van der Waals surface area contributed by atoms with E-state index in [4.69, 9.17) is 9.47 Å². The van der Waals surface area contributed by atoms with Crippen molar-refractivity contribution in [1.82, 2.24) is 0 Å². The molecule has 0 aliphatic carbocycles. The molecule has 0 bridgehead atoms. The molecule has 0 saturated heterocycles. The Labute approximate surface area is 178 Å². The molecular weight excluding hydrogens is 376 g/mol. The standard InChI is InChI=1S/C25H28N2O3/c1-3-19(2)30-23-14-12-21(13-15-23)26-17-25(28)27-22-10-7-11-24(16-22)29-18-20-8-5-4-6-9-20/h4-16,19,26H,3,17-18H2,1-2H3,(H,27,28). The van der Waals surface area contributed by atoms with E-state index in [1.165, 1.54) is 0 Å². The molecule has 5 nitrogen and oxygen atoms in total. The van der Waals surface area contributed by atoms with Crippen LogP contribution in [0.3, 0.4) is 0 Å². The van der Waals surface area contributed by atoms with E-state index in [1.807, 2.05) is 85.8 Å². The third-order valence-corrected chi connectivity index (χ3v) is 4.59. The highest BCUT2D eigenvalue weighted by Gasteiger charge is 2.05. The van der Waals surface area contributed by atoms with Crippen molar-refractivity contribution in [3.8, 4) is 11.5 Å². The summed E-state index contributed by atoms with van der Waals surface area (Å²) in [4.78, 5) is 12.3. The highest BCUT2D eigenvalue weighted by Crippen LogP contribution is 2.19. The lowest BCUT2D eigenvalue weighted by molar-refractivity contribution is -0.114. The van der Waals surface area contributed by atoms with E-state index < -0.39 is 0 Å². The first-order valence-electron chi connectivity index (χ1n) is 10.2. The number of hydrogen-bond acceptors (Lipinski definition) is 4. The van der Waals surface area contributed by atoms with Crippen LogP contribution in [-0.2, 0) is 11.4 Å². The number of benzene rings is 3. The van der Waals surface area contributed by atoms with Gasteiger partial charge in [-0.1, -0.05) is 43.3 Å². The Kier molecular flexibility index (Phi) is 7.72. The zero-order valence-corrected chi connectivity index (χ0v) is 17.4. The molecule has 0 saturated carbocycles. The number of carbonyl (C=O) groups excluding carboxylic acids is 1. The average Bonchev–Trinajstić information content (AvgIpc) is 2.78. The van der Waals surface area contributed by atoms with Gasteiger partial charge in [0.25, 0.3) is 0 Å². The van der Waals surface area contributed by atoms with E-state index in [9.17, 15) is 4.79 Å². The largest absolute Gasteiger partial charge is 0.491 e. The molecule has 3 rings (SSSR count). The molecule has 2 N–H and O–H groups in total. The number of anilines is 2. The van der Waals surface area contributed by atoms with Crippen LogP contribution < -0.4 is 20.1 Å². The Hall–Kier alpha value is -3.47. The normalized spacial score (nSPS) is 11.4. The maximum absolute atomic E-state index is 12.3. The first-order valence-corrected chi connectivity index (χ1v) is 10.2. The van der Waals surface area contributed by atoms with E-state index >= 15 is 0 Å². The summed E-state index contributed by atoms with van der Waals surface area (Å²) >= 11 is 0. The summed E-state index contributed by atoms with van der Waals surface area (Å²) < 4.78 is 11.6. The van der Waals surface area contributed by atoms with E-state index in [0.717, 1.165) is 23.4 Å². The summed E-state index contributed by atoms with van der Waals surface area (Å²) in [7, 11) is 0. The van der Waals surface area contributed by atoms with Crippen molar-refractivity contribution in [1.29, 1.82) is 0 Å². The lowest BCUT2D eigenvalue weighted by Gasteiger charge is -2.13. The molecule has 0 aliphatic heterocycles. The molecule has 1 atom stereocenters. The molecule has 5 heteroatoms. The number of rotatable bonds is 10. The monoisotopic (exact) mass is 404 g/mol. The molecule has 30 heavy (non-hydrogen) atoms. The smallest absolute Gasteiger partial charge is 0.243 e. The molecule has 1 unspecified atom stereocenters. The highest BCUT2D eigenvalue weighted by atomic mass is 16.5. The van der Waals surface area contributed by atoms with Gasteiger partial charge < -0.3 is 20.1 Å². The maximum atomic E-state index is 12.3. The Bertz CT molecular complexity index is 927. The van der Waals surface area contributed by atoms with Gasteiger partial charge in [0.05, 0.1) is 12.6 Å². The molecule has 0 aliphatic rings. The van der Waals surface area contributed by atoms with E-state index in [-0.39, 0.29) is 18.6 Å². The van der Waals surface area contributed by atoms with Crippen LogP contribution in [0.25, 0.3) is 0 Å². The third-order valence-electron chi connectivity index (χ3n) is 4.59. The van der Waals surface area contributed by atoms with Gasteiger partial charge >= 0.3 is 0 Å². The molecular formula is C25H28N2O3. The SMILES string of the molecule is CCC(C)Oc1ccc(NCC(=O)Nc2cccc(OCc3ccccc3)c2)cc1. The Morgan fingerprint density at radius 2 is 1.67 bits per heavy atom. The van der Waals surface area contributed by atoms with Gasteiger partial charge in [-0.05, 0) is 55.3 Å². The van der Waals surface area contributed by atoms with Gasteiger partial charge in [0, 0.05) is 17.4 Å². The fraction of sp³-hybridized carbons (Fsp3) is 0.240. The number of ether oxygens (including phenoxy) is 2. The van der Waals surface area contributed by atoms with Crippen molar-refractivity contribution < 1.29 is 14.3 Å². The predicted molar refractivity (Wildman–Crippen MR) is 121 cm³/mol. The topological polar surface area (TPSA) is 59.6 Å². The minimum atomic E-state index is -0.129. The molecule has 3 aromatic carbocycles. The van der Waals surface area contributed by atoms with Crippen molar-refractivity contribution in [2.24, 2.45) is 0 Å². The number of hydrogen-bond donors (Lipinski definition) is 2. The number of carbonyl (C=O) groups is 1. The summed E-state index contributed by atoms with van der Waals surface area (Å²) in [6.07, 6.45) is 1.14. The predicted octanol–water partition coefficient (Wildman–Crippen LogP) is 5.49. The van der Waals surface area contributed by atoms with Crippen molar-refractivity contribution >= 4 is 17.3 Å². The van der Waals surface area contributed by atoms with E-state index in [2.05, 4.69) is 17.6 Å². The summed E-state index contributed by atoms with van der Waals surface area (Å²) in [5.41, 5.74) is 2.66. The Balaban J connectivity index is 1.46. The molecule has 0 spiro atoms. The molecule has 0 fully saturated rings. The summed E-state index contributed by atoms with van der Waals surface area (Å²) in [5.74, 6) is 1.41. The lowest BCUT2D eigenvalue weighted by Crippen LogP contribution is -2.21. The van der Waals surface area contributed by atoms with Crippen LogP contribution in [-0.4, -0.2) is 18.6 Å². The Morgan fingerprint density at radius 1 is 0.900 bits per heavy atom. The van der Waals surface area contributed by atoms with E-state index in [1.54, 1.807) is 0 Å². The fourth-order valence-corrected chi connectivity index (χ4v) is 2.76. The zero-order valence-electron chi connectivity index (χ0n) is 17.4. The second kappa shape index (κ2) is 10.9. The van der Waals surface area contributed by atoms with Gasteiger partial charge in [-0.2, -0.15) is 0 Å². The molecule has 3 aromatic rings. The van der Waals surface area contributed by atoms with Crippen molar-refractivity contribution in [3.05, 3.63) is 84.4 Å². The van der Waals surface area contributed by atoms with Gasteiger partial charge in [0.15, 0.2) is 0 Å². The zero-order chi connectivity index (χ0) is 21.2. The van der Waals surface area contributed by atoms with Crippen LogP contribution in [0.2, 0.25) is 0 Å². The van der Waals surface area contributed by atoms with Crippen molar-refractivity contribution in [3.63, 3.8) is 0 Å². The van der Waals surface area contributed by atoms with Crippen LogP contribution in [0.1, 0.15) is 25.8 Å². The van der Waals surface area contributed by atoms with Crippen molar-refractivity contribution in [2.75, 3.05) is 17.2 Å². The quantitative estimate of drug-likeness (QED) is 0.469. The van der Waals surface area contributed by atoms with Gasteiger partial charge in [0.2, 0.25) is 5.91 Å². The minimum absolute atomic E-state index is 0.129. The summed E-state index contributed by atoms with van der Waals surface area (Å²) in [6, 6.07) is 25.0. The van der Waals surface area contributed by atoms with Crippen LogP contribution in [0.4, 0.5) is 11.4 Å². The van der Waals surface area contributed by atoms with Gasteiger partial charge in [-0.15, -0.1) is 0 Å². The first kappa shape index (κ1) is 21.2. The molecule has 1 amide bonds. The second-order valence-corrected chi connectivity index (χ2v) is 7.06. The van der Waals surface area contributed by atoms with Crippen LogP contribution >= 0.6 is 0 Å². The van der Waals surface area contributed by atoms with E-state index in [0.29, 0.717) is 18.0 Å². The molecule has 0 aromatic heterocycles. The molecule has 156 valence electrons. The van der Waals surface area contributed by atoms with Crippen LogP contribution in [0.5, 0.6) is 11.5 Å². The van der Waals surface area contributed by atoms with Gasteiger partial charge in [-0.25, -0.2) is 0 Å². The van der Waals surface area contributed by atoms with Gasteiger partial charge in [0.1, 0.15) is 18.1 Å². The molecule has 0 heterocycles. The average molecular weight is 405 g/mol. The van der Waals surface area contributed by atoms with Gasteiger partial charge in [-0.3, -0.25) is 4.79 Å². The second-order valence-electron chi connectivity index (χ2n) is 7.06. The fourth-order valence-electron chi connectivity index (χ4n) is 2.76. The number of amides is 1. The minimum Gasteiger partial charge on any atom is -0.491 e. The van der Waals surface area contributed by atoms with Crippen LogP contribution in [0, 0.1) is 0 Å². The van der Waals surface area contributed by atoms with Crippen LogP contribution in [0.15, 0.2) is 78.9 Å². The summed E-state index contributed by atoms with van der Waals surface area (Å²) in [5, 5.41) is 6.01. The Morgan fingerprint density at radius 3 is 2.40 bits per heavy atom. The number of nitrogens with one attached hydrogen (secondary N) is 2. The molecule has 0 radical (unpaired) electrons. The lowest BCUT2D eigenvalue weighted by atomic mass is 10.2.